The third-order valence-electron chi connectivity index (χ3n) is 3.55. The molecule has 2 heterocycles. The van der Waals surface area contributed by atoms with E-state index >= 15 is 0 Å². The smallest absolute Gasteiger partial charge is 0.270 e. The number of halogens is 1. The molecule has 100 valence electrons. The number of carbonyl (C=O) groups is 1. The number of fused-ring (bicyclic) bond motifs is 1. The molecule has 1 aromatic heterocycles. The van der Waals surface area contributed by atoms with E-state index in [0.29, 0.717) is 11.1 Å². The van der Waals surface area contributed by atoms with Crippen LogP contribution in [0.5, 0.6) is 0 Å². The minimum Gasteiger partial charge on any atom is -0.340 e. The van der Waals surface area contributed by atoms with Gasteiger partial charge in [0.1, 0.15) is 11.5 Å². The number of carbonyl (C=O) groups excluding carboxylic acids is 1. The molecule has 0 radical (unpaired) electrons. The first-order valence-electron chi connectivity index (χ1n) is 6.29. The maximum atomic E-state index is 13.7. The van der Waals surface area contributed by atoms with Gasteiger partial charge < -0.3 is 9.47 Å². The lowest BCUT2D eigenvalue weighted by atomic mass is 10.2. The summed E-state index contributed by atoms with van der Waals surface area (Å²) < 4.78 is 15.5. The van der Waals surface area contributed by atoms with E-state index in [1.165, 1.54) is 6.07 Å². The Labute approximate surface area is 115 Å². The van der Waals surface area contributed by atoms with Gasteiger partial charge in [0.25, 0.3) is 5.91 Å². The van der Waals surface area contributed by atoms with Gasteiger partial charge in [0, 0.05) is 37.0 Å². The van der Waals surface area contributed by atoms with Gasteiger partial charge in [-0.1, -0.05) is 6.07 Å². The van der Waals surface area contributed by atoms with Crippen LogP contribution in [-0.4, -0.2) is 40.0 Å². The number of aromatic nitrogens is 1. The summed E-state index contributed by atoms with van der Waals surface area (Å²) in [6, 6.07) is 6.59. The van der Waals surface area contributed by atoms with E-state index in [-0.39, 0.29) is 11.7 Å². The molecule has 1 fully saturated rings. The highest BCUT2D eigenvalue weighted by atomic mass is 32.2. The predicted octanol–water partition coefficient (Wildman–Crippen LogP) is 2.51. The third kappa shape index (κ3) is 2.12. The van der Waals surface area contributed by atoms with Crippen molar-refractivity contribution in [2.24, 2.45) is 7.05 Å². The highest BCUT2D eigenvalue weighted by Gasteiger charge is 2.22. The summed E-state index contributed by atoms with van der Waals surface area (Å²) in [6.45, 7) is 1.54. The van der Waals surface area contributed by atoms with Crippen LogP contribution in [-0.2, 0) is 7.05 Å². The SMILES string of the molecule is Cn1c(C(=O)N2CCSCC2)cc2c(F)cccc21. The average molecular weight is 278 g/mol. The Hall–Kier alpha value is -1.49. The molecule has 1 aliphatic heterocycles. The number of rotatable bonds is 1. The molecule has 1 saturated heterocycles. The number of hydrogen-bond acceptors (Lipinski definition) is 2. The van der Waals surface area contributed by atoms with Gasteiger partial charge in [0.15, 0.2) is 0 Å². The van der Waals surface area contributed by atoms with Gasteiger partial charge in [-0.25, -0.2) is 4.39 Å². The molecule has 5 heteroatoms. The van der Waals surface area contributed by atoms with Gasteiger partial charge in [-0.2, -0.15) is 11.8 Å². The quantitative estimate of drug-likeness (QED) is 0.801. The maximum Gasteiger partial charge on any atom is 0.270 e. The molecule has 0 saturated carbocycles. The van der Waals surface area contributed by atoms with Crippen LogP contribution in [0.4, 0.5) is 4.39 Å². The molecule has 19 heavy (non-hydrogen) atoms. The van der Waals surface area contributed by atoms with Gasteiger partial charge in [0.2, 0.25) is 0 Å². The van der Waals surface area contributed by atoms with E-state index in [0.717, 1.165) is 30.1 Å². The van der Waals surface area contributed by atoms with E-state index < -0.39 is 0 Å². The van der Waals surface area contributed by atoms with Crippen LogP contribution in [0.25, 0.3) is 10.9 Å². The van der Waals surface area contributed by atoms with Crippen LogP contribution >= 0.6 is 11.8 Å². The van der Waals surface area contributed by atoms with Gasteiger partial charge >= 0.3 is 0 Å². The molecular weight excluding hydrogens is 263 g/mol. The minimum absolute atomic E-state index is 0.00148. The number of aryl methyl sites for hydroxylation is 1. The average Bonchev–Trinajstić information content (AvgIpc) is 2.78. The van der Waals surface area contributed by atoms with E-state index in [9.17, 15) is 9.18 Å². The molecule has 1 aromatic carbocycles. The second kappa shape index (κ2) is 4.89. The Morgan fingerprint density at radius 1 is 1.32 bits per heavy atom. The predicted molar refractivity (Wildman–Crippen MR) is 76.1 cm³/mol. The molecule has 0 spiro atoms. The first-order chi connectivity index (χ1) is 9.18. The largest absolute Gasteiger partial charge is 0.340 e. The Balaban J connectivity index is 2.02. The Morgan fingerprint density at radius 3 is 2.74 bits per heavy atom. The van der Waals surface area contributed by atoms with Gasteiger partial charge in [-0.15, -0.1) is 0 Å². The molecule has 2 aromatic rings. The molecule has 0 bridgehead atoms. The third-order valence-corrected chi connectivity index (χ3v) is 4.49. The summed E-state index contributed by atoms with van der Waals surface area (Å²) in [5, 5.41) is 0.514. The molecule has 1 amide bonds. The first kappa shape index (κ1) is 12.5. The Kier molecular flexibility index (Phi) is 3.22. The van der Waals surface area contributed by atoms with Crippen LogP contribution in [0, 0.1) is 5.82 Å². The van der Waals surface area contributed by atoms with Crippen molar-refractivity contribution in [3.63, 3.8) is 0 Å². The van der Waals surface area contributed by atoms with Crippen molar-refractivity contribution in [2.75, 3.05) is 24.6 Å². The number of nitrogens with zero attached hydrogens (tertiary/aromatic N) is 2. The summed E-state index contributed by atoms with van der Waals surface area (Å²) in [5.41, 5.74) is 1.32. The second-order valence-corrected chi connectivity index (χ2v) is 5.89. The van der Waals surface area contributed by atoms with E-state index in [1.54, 1.807) is 16.7 Å². The van der Waals surface area contributed by atoms with Gasteiger partial charge in [-0.3, -0.25) is 4.79 Å². The lowest BCUT2D eigenvalue weighted by Gasteiger charge is -2.26. The molecule has 1 aliphatic rings. The van der Waals surface area contributed by atoms with Crippen LogP contribution in [0.3, 0.4) is 0 Å². The maximum absolute atomic E-state index is 13.7. The number of hydrogen-bond donors (Lipinski definition) is 0. The van der Waals surface area contributed by atoms with Crippen molar-refractivity contribution in [1.29, 1.82) is 0 Å². The van der Waals surface area contributed by atoms with Crippen molar-refractivity contribution in [3.05, 3.63) is 35.8 Å². The molecule has 3 nitrogen and oxygen atoms in total. The van der Waals surface area contributed by atoms with Crippen molar-refractivity contribution < 1.29 is 9.18 Å². The number of benzene rings is 1. The van der Waals surface area contributed by atoms with Crippen LogP contribution < -0.4 is 0 Å². The van der Waals surface area contributed by atoms with Crippen molar-refractivity contribution in [1.82, 2.24) is 9.47 Å². The summed E-state index contributed by atoms with van der Waals surface area (Å²) >= 11 is 1.86. The lowest BCUT2D eigenvalue weighted by Crippen LogP contribution is -2.38. The highest BCUT2D eigenvalue weighted by molar-refractivity contribution is 7.99. The summed E-state index contributed by atoms with van der Waals surface area (Å²) in [7, 11) is 1.81. The Bertz CT molecular complexity index is 632. The van der Waals surface area contributed by atoms with Gasteiger partial charge in [0.05, 0.1) is 5.52 Å². The molecule has 0 N–H and O–H groups in total. The topological polar surface area (TPSA) is 25.2 Å². The summed E-state index contributed by atoms with van der Waals surface area (Å²) in [4.78, 5) is 14.3. The molecule has 0 aliphatic carbocycles. The van der Waals surface area contributed by atoms with Crippen molar-refractivity contribution >= 4 is 28.6 Å². The molecule has 3 rings (SSSR count). The van der Waals surface area contributed by atoms with Crippen LogP contribution in [0.15, 0.2) is 24.3 Å². The molecule has 0 atom stereocenters. The number of thioether (sulfide) groups is 1. The van der Waals surface area contributed by atoms with E-state index in [4.69, 9.17) is 0 Å². The van der Waals surface area contributed by atoms with Crippen LogP contribution in [0.2, 0.25) is 0 Å². The normalized spacial score (nSPS) is 16.0. The minimum atomic E-state index is -0.277. The Morgan fingerprint density at radius 2 is 2.05 bits per heavy atom. The molecule has 0 unspecified atom stereocenters. The fourth-order valence-electron chi connectivity index (χ4n) is 2.46. The standard InChI is InChI=1S/C14H15FN2OS/c1-16-12-4-2-3-11(15)10(12)9-13(16)14(18)17-5-7-19-8-6-17/h2-4,9H,5-8H2,1H3. The zero-order chi connectivity index (χ0) is 13.4. The zero-order valence-corrected chi connectivity index (χ0v) is 11.5. The van der Waals surface area contributed by atoms with Crippen molar-refractivity contribution in [3.8, 4) is 0 Å². The monoisotopic (exact) mass is 278 g/mol. The van der Waals surface area contributed by atoms with Crippen molar-refractivity contribution in [2.45, 2.75) is 0 Å². The highest BCUT2D eigenvalue weighted by Crippen LogP contribution is 2.23. The summed E-state index contributed by atoms with van der Waals surface area (Å²) in [5.74, 6) is 1.67. The fraction of sp³-hybridized carbons (Fsp3) is 0.357. The summed E-state index contributed by atoms with van der Waals surface area (Å²) in [6.07, 6.45) is 0. The van der Waals surface area contributed by atoms with E-state index in [1.807, 2.05) is 29.8 Å². The second-order valence-electron chi connectivity index (χ2n) is 4.67. The number of amides is 1. The fourth-order valence-corrected chi connectivity index (χ4v) is 3.36. The van der Waals surface area contributed by atoms with Gasteiger partial charge in [-0.05, 0) is 18.2 Å². The lowest BCUT2D eigenvalue weighted by molar-refractivity contribution is 0.0763. The van der Waals surface area contributed by atoms with Crippen LogP contribution in [0.1, 0.15) is 10.5 Å². The molecular formula is C14H15FN2OS. The van der Waals surface area contributed by atoms with E-state index in [2.05, 4.69) is 0 Å². The first-order valence-corrected chi connectivity index (χ1v) is 7.45. The zero-order valence-electron chi connectivity index (χ0n) is 10.7.